The second kappa shape index (κ2) is 7.36. The predicted octanol–water partition coefficient (Wildman–Crippen LogP) is 4.98. The van der Waals surface area contributed by atoms with Crippen LogP contribution in [0.5, 0.6) is 5.75 Å². The zero-order valence-electron chi connectivity index (χ0n) is 14.5. The highest BCUT2D eigenvalue weighted by Gasteiger charge is 2.44. The van der Waals surface area contributed by atoms with Crippen LogP contribution in [0.3, 0.4) is 0 Å². The van der Waals surface area contributed by atoms with Gasteiger partial charge < -0.3 is 15.4 Å². The van der Waals surface area contributed by atoms with Gasteiger partial charge >= 0.3 is 6.03 Å². The number of hydrogen-bond donors (Lipinski definition) is 2. The van der Waals surface area contributed by atoms with Crippen LogP contribution in [0.4, 0.5) is 10.5 Å². The van der Waals surface area contributed by atoms with Crippen LogP contribution >= 0.6 is 11.6 Å². The Bertz CT molecular complexity index is 722. The summed E-state index contributed by atoms with van der Waals surface area (Å²) in [7, 11) is 0. The molecule has 0 radical (unpaired) electrons. The lowest BCUT2D eigenvalue weighted by Gasteiger charge is -2.17. The van der Waals surface area contributed by atoms with Crippen molar-refractivity contribution in [3.05, 3.63) is 59.1 Å². The van der Waals surface area contributed by atoms with E-state index in [0.717, 1.165) is 29.3 Å². The summed E-state index contributed by atoms with van der Waals surface area (Å²) in [6.45, 7) is 4.58. The maximum absolute atomic E-state index is 12.2. The highest BCUT2D eigenvalue weighted by molar-refractivity contribution is 6.30. The van der Waals surface area contributed by atoms with Crippen LogP contribution in [-0.2, 0) is 5.41 Å². The Morgan fingerprint density at radius 3 is 2.32 bits per heavy atom. The number of benzene rings is 2. The molecule has 0 bridgehead atoms. The SMILES string of the molecule is CC(C)Oc1ccc(NC(=O)NCC2(c3ccc(Cl)cc3)CC2)cc1. The molecular weight excluding hydrogens is 336 g/mol. The molecular formula is C20H23ClN2O2. The van der Waals surface area contributed by atoms with E-state index in [0.29, 0.717) is 6.54 Å². The largest absolute Gasteiger partial charge is 0.491 e. The topological polar surface area (TPSA) is 50.4 Å². The average molecular weight is 359 g/mol. The Kier molecular flexibility index (Phi) is 5.19. The molecule has 2 amide bonds. The summed E-state index contributed by atoms with van der Waals surface area (Å²) in [5.74, 6) is 0.792. The minimum atomic E-state index is -0.197. The third-order valence-electron chi connectivity index (χ3n) is 4.38. The highest BCUT2D eigenvalue weighted by Crippen LogP contribution is 2.47. The number of carbonyl (C=O) groups is 1. The van der Waals surface area contributed by atoms with Crippen LogP contribution in [0.2, 0.25) is 5.02 Å². The lowest BCUT2D eigenvalue weighted by Crippen LogP contribution is -2.35. The second-order valence-electron chi connectivity index (χ2n) is 6.79. The van der Waals surface area contributed by atoms with Crippen molar-refractivity contribution >= 4 is 23.3 Å². The fourth-order valence-corrected chi connectivity index (χ4v) is 2.96. The molecule has 2 N–H and O–H groups in total. The standard InChI is InChI=1S/C20H23ClN2O2/c1-14(2)25-18-9-7-17(8-10-18)23-19(24)22-13-20(11-12-20)15-3-5-16(21)6-4-15/h3-10,14H,11-13H2,1-2H3,(H2,22,23,24). The van der Waals surface area contributed by atoms with Gasteiger partial charge in [-0.25, -0.2) is 4.79 Å². The van der Waals surface area contributed by atoms with Crippen LogP contribution in [0, 0.1) is 0 Å². The molecule has 1 fully saturated rings. The van der Waals surface area contributed by atoms with Crippen LogP contribution < -0.4 is 15.4 Å². The van der Waals surface area contributed by atoms with Gasteiger partial charge in [-0.3, -0.25) is 0 Å². The fraction of sp³-hybridized carbons (Fsp3) is 0.350. The summed E-state index contributed by atoms with van der Waals surface area (Å²) in [6, 6.07) is 15.1. The van der Waals surface area contributed by atoms with Crippen molar-refractivity contribution in [2.45, 2.75) is 38.2 Å². The number of rotatable bonds is 6. The van der Waals surface area contributed by atoms with E-state index in [9.17, 15) is 4.79 Å². The summed E-state index contributed by atoms with van der Waals surface area (Å²) in [5, 5.41) is 6.57. The summed E-state index contributed by atoms with van der Waals surface area (Å²) in [4.78, 5) is 12.2. The van der Waals surface area contributed by atoms with Crippen LogP contribution in [0.15, 0.2) is 48.5 Å². The van der Waals surface area contributed by atoms with Crippen LogP contribution in [-0.4, -0.2) is 18.7 Å². The number of ether oxygens (including phenoxy) is 1. The molecule has 0 unspecified atom stereocenters. The predicted molar refractivity (Wildman–Crippen MR) is 102 cm³/mol. The van der Waals surface area contributed by atoms with Gasteiger partial charge in [0.2, 0.25) is 0 Å². The monoisotopic (exact) mass is 358 g/mol. The molecule has 1 aliphatic carbocycles. The molecule has 5 heteroatoms. The van der Waals surface area contributed by atoms with Gasteiger partial charge in [0.05, 0.1) is 6.10 Å². The van der Waals surface area contributed by atoms with Gasteiger partial charge in [-0.15, -0.1) is 0 Å². The smallest absolute Gasteiger partial charge is 0.319 e. The molecule has 0 saturated heterocycles. The van der Waals surface area contributed by atoms with Gasteiger partial charge in [0.25, 0.3) is 0 Å². The van der Waals surface area contributed by atoms with Crippen molar-refractivity contribution in [1.29, 1.82) is 0 Å². The van der Waals surface area contributed by atoms with Crippen molar-refractivity contribution in [3.8, 4) is 5.75 Å². The number of anilines is 1. The summed E-state index contributed by atoms with van der Waals surface area (Å²) in [5.41, 5.74) is 2.02. The van der Waals surface area contributed by atoms with Gasteiger partial charge in [0, 0.05) is 22.7 Å². The molecule has 132 valence electrons. The van der Waals surface area contributed by atoms with Crippen LogP contribution in [0.1, 0.15) is 32.3 Å². The third kappa shape index (κ3) is 4.67. The highest BCUT2D eigenvalue weighted by atomic mass is 35.5. The molecule has 1 saturated carbocycles. The van der Waals surface area contributed by atoms with E-state index in [1.807, 2.05) is 62.4 Å². The van der Waals surface area contributed by atoms with E-state index in [-0.39, 0.29) is 17.6 Å². The molecule has 3 rings (SSSR count). The number of urea groups is 1. The Morgan fingerprint density at radius 2 is 1.76 bits per heavy atom. The first kappa shape index (κ1) is 17.6. The molecule has 0 heterocycles. The minimum absolute atomic E-state index is 0.0525. The quantitative estimate of drug-likeness (QED) is 0.765. The molecule has 2 aromatic carbocycles. The molecule has 2 aromatic rings. The van der Waals surface area contributed by atoms with Crippen molar-refractivity contribution in [3.63, 3.8) is 0 Å². The number of nitrogens with one attached hydrogen (secondary N) is 2. The van der Waals surface area contributed by atoms with Gasteiger partial charge in [-0.05, 0) is 68.7 Å². The Morgan fingerprint density at radius 1 is 1.12 bits per heavy atom. The average Bonchev–Trinajstić information content (AvgIpc) is 3.36. The Labute approximate surface area is 153 Å². The van der Waals surface area contributed by atoms with E-state index in [4.69, 9.17) is 16.3 Å². The number of carbonyl (C=O) groups excluding carboxylic acids is 1. The zero-order valence-corrected chi connectivity index (χ0v) is 15.3. The van der Waals surface area contributed by atoms with E-state index in [1.165, 1.54) is 5.56 Å². The number of amides is 2. The van der Waals surface area contributed by atoms with Crippen molar-refractivity contribution in [2.75, 3.05) is 11.9 Å². The Hall–Kier alpha value is -2.20. The molecule has 0 aliphatic heterocycles. The first-order chi connectivity index (χ1) is 12.0. The fourth-order valence-electron chi connectivity index (χ4n) is 2.84. The second-order valence-corrected chi connectivity index (χ2v) is 7.22. The van der Waals surface area contributed by atoms with Crippen molar-refractivity contribution < 1.29 is 9.53 Å². The van der Waals surface area contributed by atoms with E-state index in [2.05, 4.69) is 10.6 Å². The third-order valence-corrected chi connectivity index (χ3v) is 4.63. The summed E-state index contributed by atoms with van der Waals surface area (Å²) in [6.07, 6.45) is 2.29. The van der Waals surface area contributed by atoms with E-state index < -0.39 is 0 Å². The van der Waals surface area contributed by atoms with Gasteiger partial charge in [0.15, 0.2) is 0 Å². The van der Waals surface area contributed by atoms with Crippen molar-refractivity contribution in [1.82, 2.24) is 5.32 Å². The lowest BCUT2D eigenvalue weighted by atomic mass is 9.96. The van der Waals surface area contributed by atoms with Gasteiger partial charge in [0.1, 0.15) is 5.75 Å². The molecule has 4 nitrogen and oxygen atoms in total. The Balaban J connectivity index is 1.52. The summed E-state index contributed by atoms with van der Waals surface area (Å²) >= 11 is 5.95. The van der Waals surface area contributed by atoms with E-state index >= 15 is 0 Å². The first-order valence-corrected chi connectivity index (χ1v) is 8.92. The van der Waals surface area contributed by atoms with Crippen molar-refractivity contribution in [2.24, 2.45) is 0 Å². The molecule has 1 aliphatic rings. The molecule has 25 heavy (non-hydrogen) atoms. The normalized spacial score (nSPS) is 14.9. The maximum Gasteiger partial charge on any atom is 0.319 e. The van der Waals surface area contributed by atoms with Gasteiger partial charge in [-0.1, -0.05) is 23.7 Å². The summed E-state index contributed by atoms with van der Waals surface area (Å²) < 4.78 is 5.59. The minimum Gasteiger partial charge on any atom is -0.491 e. The van der Waals surface area contributed by atoms with E-state index in [1.54, 1.807) is 0 Å². The number of halogens is 1. The maximum atomic E-state index is 12.2. The first-order valence-electron chi connectivity index (χ1n) is 8.54. The molecule has 0 aromatic heterocycles. The molecule has 0 atom stereocenters. The van der Waals surface area contributed by atoms with Gasteiger partial charge in [-0.2, -0.15) is 0 Å². The molecule has 0 spiro atoms. The zero-order chi connectivity index (χ0) is 17.9. The van der Waals surface area contributed by atoms with Crippen LogP contribution in [0.25, 0.3) is 0 Å². The number of hydrogen-bond acceptors (Lipinski definition) is 2. The lowest BCUT2D eigenvalue weighted by molar-refractivity contribution is 0.242.